The molecule has 0 saturated carbocycles. The molecule has 1 aliphatic heterocycles. The lowest BCUT2D eigenvalue weighted by Gasteiger charge is -2.27. The standard InChI is InChI=1S/C13H23N3S.ClH/c1-3-7-16(12-5-6-14-8-12)9-11-10-17-13(4-2)15-11;/h10,12,14H,3-9H2,1-2H3;1H. The van der Waals surface area contributed by atoms with Gasteiger partial charge in [0.05, 0.1) is 10.7 Å². The van der Waals surface area contributed by atoms with Crippen molar-refractivity contribution in [3.05, 3.63) is 16.1 Å². The molecule has 2 heterocycles. The van der Waals surface area contributed by atoms with Crippen molar-refractivity contribution < 1.29 is 0 Å². The van der Waals surface area contributed by atoms with Crippen LogP contribution in [0.5, 0.6) is 0 Å². The predicted octanol–water partition coefficient (Wildman–Crippen LogP) is 2.70. The fraction of sp³-hybridized carbons (Fsp3) is 0.769. The van der Waals surface area contributed by atoms with Gasteiger partial charge >= 0.3 is 0 Å². The average Bonchev–Trinajstić information content (AvgIpc) is 2.99. The number of thiazole rings is 1. The van der Waals surface area contributed by atoms with E-state index in [1.165, 1.54) is 36.6 Å². The minimum absolute atomic E-state index is 0. The molecule has 1 aromatic rings. The molecule has 1 saturated heterocycles. The van der Waals surface area contributed by atoms with Crippen LogP contribution < -0.4 is 5.32 Å². The van der Waals surface area contributed by atoms with Gasteiger partial charge in [-0.2, -0.15) is 0 Å². The Bertz CT molecular complexity index is 337. The third kappa shape index (κ3) is 4.19. The summed E-state index contributed by atoms with van der Waals surface area (Å²) >= 11 is 1.80. The van der Waals surface area contributed by atoms with E-state index in [-0.39, 0.29) is 12.4 Å². The van der Waals surface area contributed by atoms with Crippen LogP contribution in [0.3, 0.4) is 0 Å². The van der Waals surface area contributed by atoms with Crippen molar-refractivity contribution in [3.63, 3.8) is 0 Å². The average molecular weight is 290 g/mol. The van der Waals surface area contributed by atoms with Gasteiger partial charge in [0.15, 0.2) is 0 Å². The third-order valence-corrected chi connectivity index (χ3v) is 4.37. The van der Waals surface area contributed by atoms with Gasteiger partial charge in [0.25, 0.3) is 0 Å². The number of hydrogen-bond donors (Lipinski definition) is 1. The van der Waals surface area contributed by atoms with Crippen molar-refractivity contribution in [1.82, 2.24) is 15.2 Å². The zero-order chi connectivity index (χ0) is 12.1. The monoisotopic (exact) mass is 289 g/mol. The molecule has 0 spiro atoms. The van der Waals surface area contributed by atoms with Gasteiger partial charge in [-0.1, -0.05) is 13.8 Å². The zero-order valence-electron chi connectivity index (χ0n) is 11.3. The summed E-state index contributed by atoms with van der Waals surface area (Å²) < 4.78 is 0. The van der Waals surface area contributed by atoms with E-state index in [2.05, 4.69) is 34.4 Å². The molecule has 0 radical (unpaired) electrons. The first kappa shape index (κ1) is 15.9. The van der Waals surface area contributed by atoms with Crippen molar-refractivity contribution in [2.45, 2.75) is 45.7 Å². The molecule has 3 nitrogen and oxygen atoms in total. The summed E-state index contributed by atoms with van der Waals surface area (Å²) in [5, 5.41) is 6.94. The summed E-state index contributed by atoms with van der Waals surface area (Å²) in [6, 6.07) is 0.710. The first-order chi connectivity index (χ1) is 8.33. The van der Waals surface area contributed by atoms with Gasteiger partial charge in [-0.05, 0) is 32.4 Å². The van der Waals surface area contributed by atoms with Crippen molar-refractivity contribution in [1.29, 1.82) is 0 Å². The van der Waals surface area contributed by atoms with Crippen LogP contribution in [-0.2, 0) is 13.0 Å². The molecule has 0 bridgehead atoms. The largest absolute Gasteiger partial charge is 0.315 e. The molecule has 1 unspecified atom stereocenters. The maximum atomic E-state index is 4.68. The Morgan fingerprint density at radius 1 is 1.50 bits per heavy atom. The lowest BCUT2D eigenvalue weighted by molar-refractivity contribution is 0.197. The molecule has 18 heavy (non-hydrogen) atoms. The SMILES string of the molecule is CCCN(Cc1csc(CC)n1)C1CCNC1.Cl. The maximum absolute atomic E-state index is 4.68. The quantitative estimate of drug-likeness (QED) is 0.873. The van der Waals surface area contributed by atoms with E-state index in [0.717, 1.165) is 19.5 Å². The second-order valence-corrected chi connectivity index (χ2v) is 5.65. The lowest BCUT2D eigenvalue weighted by atomic mass is 10.2. The minimum atomic E-state index is 0. The van der Waals surface area contributed by atoms with E-state index in [9.17, 15) is 0 Å². The van der Waals surface area contributed by atoms with Crippen LogP contribution in [0.25, 0.3) is 0 Å². The topological polar surface area (TPSA) is 28.2 Å². The lowest BCUT2D eigenvalue weighted by Crippen LogP contribution is -2.37. The van der Waals surface area contributed by atoms with E-state index in [1.807, 2.05) is 0 Å². The Kier molecular flexibility index (Phi) is 7.15. The van der Waals surface area contributed by atoms with Crippen LogP contribution >= 0.6 is 23.7 Å². The molecular formula is C13H24ClN3S. The molecule has 0 amide bonds. The van der Waals surface area contributed by atoms with Crippen molar-refractivity contribution in [2.75, 3.05) is 19.6 Å². The van der Waals surface area contributed by atoms with Gasteiger partial charge in [-0.15, -0.1) is 23.7 Å². The first-order valence-corrected chi connectivity index (χ1v) is 7.59. The first-order valence-electron chi connectivity index (χ1n) is 6.71. The normalized spacial score (nSPS) is 19.2. The van der Waals surface area contributed by atoms with E-state index < -0.39 is 0 Å². The van der Waals surface area contributed by atoms with Gasteiger partial charge in [0.1, 0.15) is 0 Å². The number of aromatic nitrogens is 1. The Labute approximate surface area is 120 Å². The number of aryl methyl sites for hydroxylation is 1. The van der Waals surface area contributed by atoms with Crippen molar-refractivity contribution in [2.24, 2.45) is 0 Å². The summed E-state index contributed by atoms with van der Waals surface area (Å²) in [6.45, 7) is 8.95. The Balaban J connectivity index is 0.00000162. The number of nitrogens with zero attached hydrogens (tertiary/aromatic N) is 2. The second-order valence-electron chi connectivity index (χ2n) is 4.70. The van der Waals surface area contributed by atoms with Gasteiger partial charge in [-0.3, -0.25) is 4.90 Å². The van der Waals surface area contributed by atoms with Gasteiger partial charge in [0, 0.05) is 24.5 Å². The second kappa shape index (κ2) is 8.10. The highest BCUT2D eigenvalue weighted by Crippen LogP contribution is 2.16. The predicted molar refractivity (Wildman–Crippen MR) is 80.7 cm³/mol. The fourth-order valence-electron chi connectivity index (χ4n) is 2.42. The van der Waals surface area contributed by atoms with E-state index >= 15 is 0 Å². The van der Waals surface area contributed by atoms with Crippen molar-refractivity contribution >= 4 is 23.7 Å². The highest BCUT2D eigenvalue weighted by Gasteiger charge is 2.22. The molecule has 1 aromatic heterocycles. The molecule has 104 valence electrons. The molecule has 2 rings (SSSR count). The highest BCUT2D eigenvalue weighted by atomic mass is 35.5. The molecule has 1 aliphatic rings. The van der Waals surface area contributed by atoms with E-state index in [1.54, 1.807) is 11.3 Å². The number of nitrogens with one attached hydrogen (secondary N) is 1. The summed E-state index contributed by atoms with van der Waals surface area (Å²) in [4.78, 5) is 7.27. The summed E-state index contributed by atoms with van der Waals surface area (Å²) in [7, 11) is 0. The fourth-order valence-corrected chi connectivity index (χ4v) is 3.16. The van der Waals surface area contributed by atoms with Crippen LogP contribution in [0.1, 0.15) is 37.4 Å². The van der Waals surface area contributed by atoms with Crippen LogP contribution in [0.4, 0.5) is 0 Å². The van der Waals surface area contributed by atoms with Gasteiger partial charge in [-0.25, -0.2) is 4.98 Å². The summed E-state index contributed by atoms with van der Waals surface area (Å²) in [5.74, 6) is 0. The third-order valence-electron chi connectivity index (χ3n) is 3.33. The maximum Gasteiger partial charge on any atom is 0.0926 e. The molecular weight excluding hydrogens is 266 g/mol. The molecule has 1 atom stereocenters. The van der Waals surface area contributed by atoms with Crippen LogP contribution in [-0.4, -0.2) is 35.6 Å². The van der Waals surface area contributed by atoms with Crippen LogP contribution in [0, 0.1) is 0 Å². The smallest absolute Gasteiger partial charge is 0.0926 e. The number of halogens is 1. The Hall–Kier alpha value is -0.160. The minimum Gasteiger partial charge on any atom is -0.315 e. The summed E-state index contributed by atoms with van der Waals surface area (Å²) in [6.07, 6.45) is 3.56. The van der Waals surface area contributed by atoms with E-state index in [0.29, 0.717) is 6.04 Å². The van der Waals surface area contributed by atoms with Gasteiger partial charge < -0.3 is 5.32 Å². The molecule has 1 fully saturated rings. The number of rotatable bonds is 6. The van der Waals surface area contributed by atoms with Gasteiger partial charge in [0.2, 0.25) is 0 Å². The van der Waals surface area contributed by atoms with Crippen molar-refractivity contribution in [3.8, 4) is 0 Å². The van der Waals surface area contributed by atoms with Crippen LogP contribution in [0.2, 0.25) is 0 Å². The van der Waals surface area contributed by atoms with E-state index in [4.69, 9.17) is 0 Å². The number of hydrogen-bond acceptors (Lipinski definition) is 4. The molecule has 0 aromatic carbocycles. The molecule has 1 N–H and O–H groups in total. The summed E-state index contributed by atoms with van der Waals surface area (Å²) in [5.41, 5.74) is 1.26. The van der Waals surface area contributed by atoms with Crippen LogP contribution in [0.15, 0.2) is 5.38 Å². The molecule has 5 heteroatoms. The Morgan fingerprint density at radius 2 is 2.33 bits per heavy atom. The molecule has 0 aliphatic carbocycles. The zero-order valence-corrected chi connectivity index (χ0v) is 12.9. The highest BCUT2D eigenvalue weighted by molar-refractivity contribution is 7.09. The Morgan fingerprint density at radius 3 is 2.89 bits per heavy atom.